The third kappa shape index (κ3) is 13.7. The van der Waals surface area contributed by atoms with Crippen molar-refractivity contribution in [2.75, 3.05) is 25.4 Å². The van der Waals surface area contributed by atoms with Crippen molar-refractivity contribution in [3.05, 3.63) is 0 Å². The van der Waals surface area contributed by atoms with Gasteiger partial charge < -0.3 is 30.7 Å². The fourth-order valence-corrected chi connectivity index (χ4v) is 2.89. The molecule has 0 saturated carbocycles. The Balaban J connectivity index is 3.93. The van der Waals surface area contributed by atoms with E-state index >= 15 is 0 Å². The van der Waals surface area contributed by atoms with Gasteiger partial charge in [-0.3, -0.25) is 24.0 Å². The molecule has 11 nitrogen and oxygen atoms in total. The minimum atomic E-state index is -1.40. The Morgan fingerprint density at radius 2 is 1.68 bits per heavy atom. The lowest BCUT2D eigenvalue weighted by Crippen LogP contribution is -2.46. The molecule has 0 saturated heterocycles. The molecule has 0 rings (SSSR count). The predicted molar refractivity (Wildman–Crippen MR) is 112 cm³/mol. The van der Waals surface area contributed by atoms with Gasteiger partial charge in [-0.25, -0.2) is 0 Å². The van der Waals surface area contributed by atoms with Crippen LogP contribution >= 0.6 is 11.8 Å². The molecule has 0 aliphatic carbocycles. The molecular weight excluding hydrogens is 432 g/mol. The molecule has 0 aromatic carbocycles. The lowest BCUT2D eigenvalue weighted by atomic mass is 9.87. The molecule has 2 atom stereocenters. The number of nitrogens with one attached hydrogen (secondary N) is 2. The summed E-state index contributed by atoms with van der Waals surface area (Å²) in [6.07, 6.45) is -2.71. The molecule has 178 valence electrons. The lowest BCUT2D eigenvalue weighted by Gasteiger charge is -2.27. The van der Waals surface area contributed by atoms with Crippen LogP contribution in [0.1, 0.15) is 46.5 Å². The highest BCUT2D eigenvalue weighted by Crippen LogP contribution is 2.19. The number of aliphatic carboxylic acids is 1. The lowest BCUT2D eigenvalue weighted by molar-refractivity contribution is -0.151. The molecule has 12 heteroatoms. The van der Waals surface area contributed by atoms with E-state index in [1.54, 1.807) is 0 Å². The van der Waals surface area contributed by atoms with Gasteiger partial charge in [-0.1, -0.05) is 25.6 Å². The second-order valence-electron chi connectivity index (χ2n) is 7.56. The summed E-state index contributed by atoms with van der Waals surface area (Å²) in [5, 5.41) is 32.3. The van der Waals surface area contributed by atoms with Crippen molar-refractivity contribution in [2.24, 2.45) is 5.41 Å². The Morgan fingerprint density at radius 3 is 2.26 bits per heavy atom. The highest BCUT2D eigenvalue weighted by atomic mass is 32.2. The third-order valence-electron chi connectivity index (χ3n) is 4.06. The minimum Gasteiger partial charge on any atom is -0.481 e. The zero-order valence-corrected chi connectivity index (χ0v) is 18.8. The van der Waals surface area contributed by atoms with Crippen molar-refractivity contribution < 1.29 is 44.0 Å². The molecular formula is C19H32N2O9S. The molecule has 0 spiro atoms. The molecule has 0 bridgehead atoms. The number of esters is 1. The van der Waals surface area contributed by atoms with Crippen molar-refractivity contribution in [3.63, 3.8) is 0 Å². The molecule has 0 aromatic rings. The van der Waals surface area contributed by atoms with Crippen LogP contribution in [-0.4, -0.2) is 81.8 Å². The first-order valence-corrected chi connectivity index (χ1v) is 10.8. The fourth-order valence-electron chi connectivity index (χ4n) is 2.11. The van der Waals surface area contributed by atoms with Crippen molar-refractivity contribution >= 4 is 40.6 Å². The highest BCUT2D eigenvalue weighted by molar-refractivity contribution is 8.13. The standard InChI is InChI=1S/C19H32N2O9S/c1-12(30-15(26)5-4-14(24)25)10-16(27)31-9-8-20-13(23)6-7-21-18(29)17(28)19(2,3)11-22/h12,17,22,28H,4-11H2,1-3H3,(H,20,23)(H,21,29)(H,24,25)/t12-,17+/m1/s1. The Bertz CT molecular complexity index is 640. The Hall–Kier alpha value is -2.18. The SMILES string of the molecule is C[C@H](CC(=O)SCCNC(=O)CCNC(=O)[C@H](O)C(C)(C)CO)OC(=O)CCC(=O)O. The predicted octanol–water partition coefficient (Wildman–Crippen LogP) is -0.565. The van der Waals surface area contributed by atoms with Gasteiger partial charge in [0.1, 0.15) is 12.2 Å². The van der Waals surface area contributed by atoms with Gasteiger partial charge in [-0.15, -0.1) is 0 Å². The summed E-state index contributed by atoms with van der Waals surface area (Å²) in [6, 6.07) is 0. The van der Waals surface area contributed by atoms with Crippen molar-refractivity contribution in [1.29, 1.82) is 0 Å². The van der Waals surface area contributed by atoms with Gasteiger partial charge in [0, 0.05) is 30.7 Å². The number of aliphatic hydroxyl groups is 2. The summed E-state index contributed by atoms with van der Waals surface area (Å²) < 4.78 is 4.95. The molecule has 0 fully saturated rings. The summed E-state index contributed by atoms with van der Waals surface area (Å²) in [6.45, 7) is 4.46. The molecule has 0 heterocycles. The monoisotopic (exact) mass is 464 g/mol. The number of rotatable bonds is 15. The molecule has 0 unspecified atom stereocenters. The fraction of sp³-hybridized carbons (Fsp3) is 0.737. The number of amides is 2. The summed E-state index contributed by atoms with van der Waals surface area (Å²) >= 11 is 0.964. The first-order valence-electron chi connectivity index (χ1n) is 9.79. The van der Waals surface area contributed by atoms with E-state index in [0.29, 0.717) is 5.75 Å². The van der Waals surface area contributed by atoms with Crippen molar-refractivity contribution in [1.82, 2.24) is 10.6 Å². The van der Waals surface area contributed by atoms with E-state index in [2.05, 4.69) is 10.6 Å². The van der Waals surface area contributed by atoms with E-state index in [1.807, 2.05) is 0 Å². The van der Waals surface area contributed by atoms with E-state index in [1.165, 1.54) is 20.8 Å². The van der Waals surface area contributed by atoms with Crippen molar-refractivity contribution in [3.8, 4) is 0 Å². The van der Waals surface area contributed by atoms with Crippen LogP contribution in [0.5, 0.6) is 0 Å². The van der Waals surface area contributed by atoms with Crippen LogP contribution in [-0.2, 0) is 28.7 Å². The minimum absolute atomic E-state index is 0.0139. The number of carboxylic acids is 1. The van der Waals surface area contributed by atoms with E-state index in [4.69, 9.17) is 14.9 Å². The number of carboxylic acid groups (broad SMARTS) is 1. The van der Waals surface area contributed by atoms with Gasteiger partial charge in [0.05, 0.1) is 25.9 Å². The molecule has 0 aliphatic heterocycles. The summed E-state index contributed by atoms with van der Waals surface area (Å²) in [4.78, 5) is 57.2. The Morgan fingerprint density at radius 1 is 1.03 bits per heavy atom. The summed E-state index contributed by atoms with van der Waals surface area (Å²) in [5.41, 5.74) is -0.996. The largest absolute Gasteiger partial charge is 0.481 e. The maximum atomic E-state index is 11.8. The molecule has 0 aliphatic rings. The van der Waals surface area contributed by atoms with Gasteiger partial charge >= 0.3 is 11.9 Å². The van der Waals surface area contributed by atoms with E-state index in [9.17, 15) is 29.1 Å². The molecule has 5 N–H and O–H groups in total. The van der Waals surface area contributed by atoms with E-state index in [0.717, 1.165) is 11.8 Å². The maximum absolute atomic E-state index is 11.8. The van der Waals surface area contributed by atoms with Crippen LogP contribution in [0.2, 0.25) is 0 Å². The van der Waals surface area contributed by atoms with Crippen LogP contribution in [0, 0.1) is 5.41 Å². The molecule has 0 radical (unpaired) electrons. The quantitative estimate of drug-likeness (QED) is 0.156. The first-order chi connectivity index (χ1) is 14.4. The molecule has 0 aromatic heterocycles. The van der Waals surface area contributed by atoms with Gasteiger partial charge in [-0.2, -0.15) is 0 Å². The second-order valence-corrected chi connectivity index (χ2v) is 8.71. The number of ether oxygens (including phenoxy) is 1. The number of carbonyl (C=O) groups excluding carboxylic acids is 4. The first kappa shape index (κ1) is 28.8. The smallest absolute Gasteiger partial charge is 0.306 e. The van der Waals surface area contributed by atoms with E-state index < -0.39 is 35.5 Å². The Labute approximate surface area is 185 Å². The second kappa shape index (κ2) is 14.8. The van der Waals surface area contributed by atoms with Gasteiger partial charge in [0.25, 0.3) is 0 Å². The van der Waals surface area contributed by atoms with Gasteiger partial charge in [-0.05, 0) is 6.92 Å². The molecule has 2 amide bonds. The zero-order chi connectivity index (χ0) is 24.0. The normalized spacial score (nSPS) is 13.1. The van der Waals surface area contributed by atoms with E-state index in [-0.39, 0.29) is 56.4 Å². The third-order valence-corrected chi connectivity index (χ3v) is 4.96. The van der Waals surface area contributed by atoms with Crippen LogP contribution in [0.25, 0.3) is 0 Å². The van der Waals surface area contributed by atoms with Crippen LogP contribution in [0.3, 0.4) is 0 Å². The topological polar surface area (TPSA) is 179 Å². The average molecular weight is 465 g/mol. The zero-order valence-electron chi connectivity index (χ0n) is 18.0. The van der Waals surface area contributed by atoms with Crippen molar-refractivity contribution in [2.45, 2.75) is 58.7 Å². The van der Waals surface area contributed by atoms with Gasteiger partial charge in [0.15, 0.2) is 5.12 Å². The number of thioether (sulfide) groups is 1. The summed E-state index contributed by atoms with van der Waals surface area (Å²) in [5.74, 6) is -2.50. The van der Waals surface area contributed by atoms with Crippen LogP contribution in [0.15, 0.2) is 0 Å². The average Bonchev–Trinajstić information content (AvgIpc) is 2.68. The van der Waals surface area contributed by atoms with Gasteiger partial charge in [0.2, 0.25) is 11.8 Å². The number of hydrogen-bond acceptors (Lipinski definition) is 9. The number of aliphatic hydroxyl groups excluding tert-OH is 2. The number of hydrogen-bond donors (Lipinski definition) is 5. The molecule has 31 heavy (non-hydrogen) atoms. The van der Waals surface area contributed by atoms with Crippen LogP contribution < -0.4 is 10.6 Å². The highest BCUT2D eigenvalue weighted by Gasteiger charge is 2.32. The Kier molecular flexibility index (Phi) is 13.7. The number of carbonyl (C=O) groups is 5. The van der Waals surface area contributed by atoms with Crippen LogP contribution in [0.4, 0.5) is 0 Å². The maximum Gasteiger partial charge on any atom is 0.306 e. The summed E-state index contributed by atoms with van der Waals surface area (Å²) in [7, 11) is 0.